The zero-order valence-corrected chi connectivity index (χ0v) is 17.3. The van der Waals surface area contributed by atoms with E-state index >= 15 is 0 Å². The van der Waals surface area contributed by atoms with E-state index in [1.54, 1.807) is 11.7 Å². The Hall–Kier alpha value is -2.93. The smallest absolute Gasteiger partial charge is 0.251 e. The molecule has 2 aromatic carbocycles. The van der Waals surface area contributed by atoms with Crippen molar-refractivity contribution in [3.63, 3.8) is 0 Å². The molecule has 1 aromatic heterocycles. The van der Waals surface area contributed by atoms with Gasteiger partial charge >= 0.3 is 0 Å². The van der Waals surface area contributed by atoms with Crippen molar-refractivity contribution in [2.45, 2.75) is 32.7 Å². The number of benzene rings is 2. The lowest BCUT2D eigenvalue weighted by atomic mass is 9.87. The van der Waals surface area contributed by atoms with E-state index in [1.165, 1.54) is 5.56 Å². The molecule has 0 aliphatic rings. The quantitative estimate of drug-likeness (QED) is 0.635. The molecule has 6 nitrogen and oxygen atoms in total. The van der Waals surface area contributed by atoms with Gasteiger partial charge in [-0.1, -0.05) is 45.0 Å². The van der Waals surface area contributed by atoms with Gasteiger partial charge in [0.1, 0.15) is 5.75 Å². The molecular formula is C21H24N4O2S. The van der Waals surface area contributed by atoms with E-state index in [0.717, 1.165) is 5.69 Å². The Kier molecular flexibility index (Phi) is 5.65. The van der Waals surface area contributed by atoms with Crippen molar-refractivity contribution in [1.82, 2.24) is 20.1 Å². The number of aromatic amines is 1. The van der Waals surface area contributed by atoms with E-state index in [2.05, 4.69) is 36.3 Å². The van der Waals surface area contributed by atoms with Crippen LogP contribution in [0.3, 0.4) is 0 Å². The standard InChI is InChI=1S/C21H24N4O2S/c1-21(2,3)15-11-9-14(10-12-15)19(26)22-13-18-23-24-20(28)25(18)16-7-5-6-8-17(16)27-4/h5-12H,13H2,1-4H3,(H,22,26)(H,24,28). The zero-order chi connectivity index (χ0) is 20.3. The summed E-state index contributed by atoms with van der Waals surface area (Å²) in [4.78, 5) is 12.5. The fourth-order valence-corrected chi connectivity index (χ4v) is 3.14. The van der Waals surface area contributed by atoms with E-state index in [9.17, 15) is 4.79 Å². The van der Waals surface area contributed by atoms with Crippen LogP contribution < -0.4 is 10.1 Å². The Balaban J connectivity index is 1.79. The molecule has 0 aliphatic carbocycles. The number of para-hydroxylation sites is 2. The number of hydrogen-bond donors (Lipinski definition) is 2. The SMILES string of the molecule is COc1ccccc1-n1c(CNC(=O)c2ccc(C(C)(C)C)cc2)n[nH]c1=S. The summed E-state index contributed by atoms with van der Waals surface area (Å²) in [5, 5.41) is 9.94. The second-order valence-corrected chi connectivity index (χ2v) is 7.85. The number of methoxy groups -OCH3 is 1. The van der Waals surface area contributed by atoms with Crippen molar-refractivity contribution in [3.05, 3.63) is 70.3 Å². The molecule has 2 N–H and O–H groups in total. The van der Waals surface area contributed by atoms with Gasteiger partial charge < -0.3 is 10.1 Å². The molecule has 3 aromatic rings. The second kappa shape index (κ2) is 7.98. The topological polar surface area (TPSA) is 71.9 Å². The Bertz CT molecular complexity index is 1030. The van der Waals surface area contributed by atoms with Crippen LogP contribution in [0.1, 0.15) is 42.5 Å². The van der Waals surface area contributed by atoms with E-state index in [0.29, 0.717) is 21.9 Å². The molecule has 0 atom stereocenters. The minimum absolute atomic E-state index is 0.0458. The summed E-state index contributed by atoms with van der Waals surface area (Å²) in [6, 6.07) is 15.2. The maximum Gasteiger partial charge on any atom is 0.251 e. The van der Waals surface area contributed by atoms with Gasteiger partial charge in [0.05, 0.1) is 19.3 Å². The van der Waals surface area contributed by atoms with Crippen LogP contribution in [0.4, 0.5) is 0 Å². The van der Waals surface area contributed by atoms with Gasteiger partial charge in [0, 0.05) is 5.56 Å². The van der Waals surface area contributed by atoms with Crippen molar-refractivity contribution in [2.75, 3.05) is 7.11 Å². The summed E-state index contributed by atoms with van der Waals surface area (Å²) in [6.07, 6.45) is 0. The van der Waals surface area contributed by atoms with Gasteiger partial charge in [0.15, 0.2) is 10.6 Å². The van der Waals surface area contributed by atoms with Crippen molar-refractivity contribution in [3.8, 4) is 11.4 Å². The van der Waals surface area contributed by atoms with E-state index in [4.69, 9.17) is 17.0 Å². The van der Waals surface area contributed by atoms with Crippen LogP contribution in [0.25, 0.3) is 5.69 Å². The average Bonchev–Trinajstić information content (AvgIpc) is 3.05. The molecule has 0 unspecified atom stereocenters. The Labute approximate surface area is 169 Å². The lowest BCUT2D eigenvalue weighted by molar-refractivity contribution is 0.0949. The third-order valence-corrected chi connectivity index (χ3v) is 4.76. The minimum atomic E-state index is -0.166. The van der Waals surface area contributed by atoms with Crippen LogP contribution in [-0.2, 0) is 12.0 Å². The third-order valence-electron chi connectivity index (χ3n) is 4.49. The number of carbonyl (C=O) groups is 1. The summed E-state index contributed by atoms with van der Waals surface area (Å²) >= 11 is 5.36. The van der Waals surface area contributed by atoms with Gasteiger partial charge in [-0.2, -0.15) is 5.10 Å². The second-order valence-electron chi connectivity index (χ2n) is 7.46. The van der Waals surface area contributed by atoms with Crippen LogP contribution in [0.2, 0.25) is 0 Å². The van der Waals surface area contributed by atoms with Crippen LogP contribution in [0.5, 0.6) is 5.75 Å². The lowest BCUT2D eigenvalue weighted by Gasteiger charge is -2.19. The number of hydrogen-bond acceptors (Lipinski definition) is 4. The normalized spacial score (nSPS) is 11.3. The fraction of sp³-hybridized carbons (Fsp3) is 0.286. The number of rotatable bonds is 5. The largest absolute Gasteiger partial charge is 0.495 e. The number of nitrogens with one attached hydrogen (secondary N) is 2. The molecule has 7 heteroatoms. The van der Waals surface area contributed by atoms with Gasteiger partial charge in [-0.3, -0.25) is 14.5 Å². The number of nitrogens with zero attached hydrogens (tertiary/aromatic N) is 2. The van der Waals surface area contributed by atoms with Crippen LogP contribution in [0, 0.1) is 4.77 Å². The van der Waals surface area contributed by atoms with Gasteiger partial charge in [0.25, 0.3) is 5.91 Å². The molecule has 0 aliphatic heterocycles. The highest BCUT2D eigenvalue weighted by atomic mass is 32.1. The number of H-pyrrole nitrogens is 1. The first kappa shape index (κ1) is 19.8. The summed E-state index contributed by atoms with van der Waals surface area (Å²) < 4.78 is 7.61. The summed E-state index contributed by atoms with van der Waals surface area (Å²) in [5.74, 6) is 1.10. The first-order valence-corrected chi connectivity index (χ1v) is 9.40. The zero-order valence-electron chi connectivity index (χ0n) is 16.4. The molecular weight excluding hydrogens is 372 g/mol. The highest BCUT2D eigenvalue weighted by Gasteiger charge is 2.16. The highest BCUT2D eigenvalue weighted by molar-refractivity contribution is 7.71. The molecule has 0 saturated heterocycles. The number of ether oxygens (including phenoxy) is 1. The molecule has 3 rings (SSSR count). The first-order chi connectivity index (χ1) is 13.3. The van der Waals surface area contributed by atoms with Crippen molar-refractivity contribution >= 4 is 18.1 Å². The van der Waals surface area contributed by atoms with Gasteiger partial charge in [-0.25, -0.2) is 0 Å². The van der Waals surface area contributed by atoms with Crippen LogP contribution in [-0.4, -0.2) is 27.8 Å². The van der Waals surface area contributed by atoms with Crippen LogP contribution >= 0.6 is 12.2 Å². The lowest BCUT2D eigenvalue weighted by Crippen LogP contribution is -2.25. The van der Waals surface area contributed by atoms with Gasteiger partial charge in [0.2, 0.25) is 0 Å². The number of carbonyl (C=O) groups excluding carboxylic acids is 1. The van der Waals surface area contributed by atoms with E-state index < -0.39 is 0 Å². The molecule has 0 fully saturated rings. The van der Waals surface area contributed by atoms with Crippen molar-refractivity contribution in [2.24, 2.45) is 0 Å². The third kappa shape index (κ3) is 4.14. The monoisotopic (exact) mass is 396 g/mol. The number of aromatic nitrogens is 3. The van der Waals surface area contributed by atoms with E-state index in [-0.39, 0.29) is 17.9 Å². The molecule has 0 radical (unpaired) electrons. The molecule has 146 valence electrons. The van der Waals surface area contributed by atoms with Gasteiger partial charge in [-0.05, 0) is 47.5 Å². The molecule has 0 bridgehead atoms. The maximum absolute atomic E-state index is 12.5. The fourth-order valence-electron chi connectivity index (χ4n) is 2.89. The average molecular weight is 397 g/mol. The number of amides is 1. The van der Waals surface area contributed by atoms with Crippen molar-refractivity contribution in [1.29, 1.82) is 0 Å². The Morgan fingerprint density at radius 1 is 1.18 bits per heavy atom. The van der Waals surface area contributed by atoms with Crippen LogP contribution in [0.15, 0.2) is 48.5 Å². The summed E-state index contributed by atoms with van der Waals surface area (Å²) in [7, 11) is 1.60. The predicted molar refractivity (Wildman–Crippen MR) is 112 cm³/mol. The highest BCUT2D eigenvalue weighted by Crippen LogP contribution is 2.24. The summed E-state index contributed by atoms with van der Waals surface area (Å²) in [6.45, 7) is 6.65. The Morgan fingerprint density at radius 2 is 1.86 bits per heavy atom. The first-order valence-electron chi connectivity index (χ1n) is 8.99. The molecule has 0 saturated carbocycles. The molecule has 1 heterocycles. The Morgan fingerprint density at radius 3 is 2.50 bits per heavy atom. The molecule has 1 amide bonds. The maximum atomic E-state index is 12.5. The van der Waals surface area contributed by atoms with Crippen molar-refractivity contribution < 1.29 is 9.53 Å². The predicted octanol–water partition coefficient (Wildman–Crippen LogP) is 4.17. The minimum Gasteiger partial charge on any atom is -0.495 e. The van der Waals surface area contributed by atoms with Gasteiger partial charge in [-0.15, -0.1) is 0 Å². The summed E-state index contributed by atoms with van der Waals surface area (Å²) in [5.41, 5.74) is 2.60. The van der Waals surface area contributed by atoms with E-state index in [1.807, 2.05) is 48.5 Å². The molecule has 28 heavy (non-hydrogen) atoms. The molecule has 0 spiro atoms.